The number of para-hydroxylation sites is 1. The van der Waals surface area contributed by atoms with Gasteiger partial charge in [0, 0.05) is 25.5 Å². The summed E-state index contributed by atoms with van der Waals surface area (Å²) < 4.78 is 7.63. The number of hydrogen-bond donors (Lipinski definition) is 3. The third kappa shape index (κ3) is 7.52. The average Bonchev–Trinajstić information content (AvgIpc) is 3.30. The normalized spacial score (nSPS) is 12.2. The van der Waals surface area contributed by atoms with E-state index in [0.717, 1.165) is 29.1 Å². The van der Waals surface area contributed by atoms with Gasteiger partial charge in [0.1, 0.15) is 5.75 Å². The van der Waals surface area contributed by atoms with Gasteiger partial charge in [0.2, 0.25) is 0 Å². The monoisotopic (exact) mass is 549 g/mol. The number of aromatic nitrogens is 2. The molecule has 3 aromatic rings. The largest absolute Gasteiger partial charge is 0.491 e. The number of aliphatic hydroxyl groups is 1. The molecule has 0 aliphatic rings. The van der Waals surface area contributed by atoms with Crippen LogP contribution in [-0.2, 0) is 6.54 Å². The Labute approximate surface area is 207 Å². The Morgan fingerprint density at radius 1 is 1.12 bits per heavy atom. The van der Waals surface area contributed by atoms with Crippen molar-refractivity contribution in [3.05, 3.63) is 78.4 Å². The van der Waals surface area contributed by atoms with Gasteiger partial charge < -0.3 is 25.0 Å². The Balaban J connectivity index is 0.00000363. The van der Waals surface area contributed by atoms with Crippen LogP contribution in [0.5, 0.6) is 5.75 Å². The number of imidazole rings is 1. The molecule has 0 aliphatic carbocycles. The smallest absolute Gasteiger partial charge is 0.191 e. The first kappa shape index (κ1) is 25.7. The predicted octanol–water partition coefficient (Wildman–Crippen LogP) is 4.07. The molecule has 0 fully saturated rings. The maximum absolute atomic E-state index is 10.6. The number of halogens is 1. The van der Waals surface area contributed by atoms with E-state index in [9.17, 15) is 5.11 Å². The predicted molar refractivity (Wildman–Crippen MR) is 139 cm³/mol. The minimum atomic E-state index is -0.657. The number of aliphatic imine (C=N–C) groups is 1. The molecule has 1 heterocycles. The fourth-order valence-corrected chi connectivity index (χ4v) is 3.16. The van der Waals surface area contributed by atoms with Crippen molar-refractivity contribution in [3.63, 3.8) is 0 Å². The van der Waals surface area contributed by atoms with Gasteiger partial charge >= 0.3 is 0 Å². The highest BCUT2D eigenvalue weighted by atomic mass is 127. The molecule has 8 heteroatoms. The zero-order valence-electron chi connectivity index (χ0n) is 18.7. The van der Waals surface area contributed by atoms with Gasteiger partial charge in [-0.2, -0.15) is 0 Å². The number of nitrogens with zero attached hydrogens (tertiary/aromatic N) is 3. The SMILES string of the molecule is CCNC(=NCc1ccccc1-n1ccnc1)NCC(O)c1ccc(OC(C)C)cc1.I. The lowest BCUT2D eigenvalue weighted by Gasteiger charge is -2.17. The van der Waals surface area contributed by atoms with Crippen molar-refractivity contribution in [1.29, 1.82) is 0 Å². The van der Waals surface area contributed by atoms with Gasteiger partial charge in [-0.05, 0) is 50.1 Å². The number of hydrogen-bond acceptors (Lipinski definition) is 4. The summed E-state index contributed by atoms with van der Waals surface area (Å²) in [4.78, 5) is 8.82. The molecule has 3 rings (SSSR count). The number of guanidine groups is 1. The summed E-state index contributed by atoms with van der Waals surface area (Å²) in [6, 6.07) is 15.6. The molecule has 1 aromatic heterocycles. The van der Waals surface area contributed by atoms with E-state index >= 15 is 0 Å². The third-order valence-corrected chi connectivity index (χ3v) is 4.63. The van der Waals surface area contributed by atoms with E-state index in [1.54, 1.807) is 12.5 Å². The summed E-state index contributed by atoms with van der Waals surface area (Å²) in [5.74, 6) is 1.45. The zero-order valence-corrected chi connectivity index (χ0v) is 21.1. The molecule has 0 amide bonds. The van der Waals surface area contributed by atoms with E-state index < -0.39 is 6.10 Å². The van der Waals surface area contributed by atoms with Gasteiger partial charge in [-0.1, -0.05) is 30.3 Å². The molecule has 7 nitrogen and oxygen atoms in total. The number of aliphatic hydroxyl groups excluding tert-OH is 1. The quantitative estimate of drug-likeness (QED) is 0.213. The first-order valence-corrected chi connectivity index (χ1v) is 10.6. The number of rotatable bonds is 9. The molecular formula is C24H32IN5O2. The van der Waals surface area contributed by atoms with Gasteiger partial charge in [0.05, 0.1) is 30.8 Å². The van der Waals surface area contributed by atoms with Crippen molar-refractivity contribution in [3.8, 4) is 11.4 Å². The molecule has 0 radical (unpaired) electrons. The summed E-state index contributed by atoms with van der Waals surface area (Å²) in [6.07, 6.45) is 4.92. The Hall–Kier alpha value is -2.59. The molecule has 0 bridgehead atoms. The van der Waals surface area contributed by atoms with Gasteiger partial charge in [0.15, 0.2) is 5.96 Å². The molecule has 1 unspecified atom stereocenters. The molecule has 0 spiro atoms. The highest BCUT2D eigenvalue weighted by Gasteiger charge is 2.10. The summed E-state index contributed by atoms with van der Waals surface area (Å²) in [6.45, 7) is 7.57. The molecule has 172 valence electrons. The second-order valence-corrected chi connectivity index (χ2v) is 7.43. The standard InChI is InChI=1S/C24H31N5O2.HI/c1-4-26-24(27-15-20-7-5-6-8-22(20)29-14-13-25-17-29)28-16-23(30)19-9-11-21(12-10-19)31-18(2)3;/h5-14,17-18,23,30H,4,15-16H2,1-3H3,(H2,26,27,28);1H. The fraction of sp³-hybridized carbons (Fsp3) is 0.333. The highest BCUT2D eigenvalue weighted by Crippen LogP contribution is 2.18. The number of ether oxygens (including phenoxy) is 1. The number of benzene rings is 2. The molecule has 0 saturated heterocycles. The second kappa shape index (κ2) is 13.1. The van der Waals surface area contributed by atoms with Crippen molar-refractivity contribution in [2.45, 2.75) is 39.5 Å². The van der Waals surface area contributed by atoms with E-state index in [1.807, 2.05) is 74.0 Å². The summed E-state index contributed by atoms with van der Waals surface area (Å²) >= 11 is 0. The molecule has 3 N–H and O–H groups in total. The number of nitrogens with one attached hydrogen (secondary N) is 2. The first-order chi connectivity index (χ1) is 15.1. The van der Waals surface area contributed by atoms with Crippen molar-refractivity contribution in [2.24, 2.45) is 4.99 Å². The van der Waals surface area contributed by atoms with Crippen LogP contribution < -0.4 is 15.4 Å². The Kier molecular flexibility index (Phi) is 10.5. The Morgan fingerprint density at radius 2 is 1.88 bits per heavy atom. The molecule has 2 aromatic carbocycles. The van der Waals surface area contributed by atoms with Crippen molar-refractivity contribution in [1.82, 2.24) is 20.2 Å². The minimum absolute atomic E-state index is 0. The van der Waals surface area contributed by atoms with Crippen LogP contribution in [-0.4, -0.2) is 39.8 Å². The van der Waals surface area contributed by atoms with E-state index in [4.69, 9.17) is 9.73 Å². The van der Waals surface area contributed by atoms with Crippen LogP contribution in [0.4, 0.5) is 0 Å². The Bertz CT molecular complexity index is 959. The lowest BCUT2D eigenvalue weighted by atomic mass is 10.1. The molecular weight excluding hydrogens is 517 g/mol. The Morgan fingerprint density at radius 3 is 2.53 bits per heavy atom. The van der Waals surface area contributed by atoms with Gasteiger partial charge in [-0.3, -0.25) is 0 Å². The molecule has 0 aliphatic heterocycles. The molecule has 0 saturated carbocycles. The van der Waals surface area contributed by atoms with Gasteiger partial charge in [0.25, 0.3) is 0 Å². The second-order valence-electron chi connectivity index (χ2n) is 7.43. The van der Waals surface area contributed by atoms with Crippen LogP contribution in [0.3, 0.4) is 0 Å². The average molecular weight is 549 g/mol. The maximum atomic E-state index is 10.6. The van der Waals surface area contributed by atoms with Gasteiger partial charge in [-0.25, -0.2) is 9.98 Å². The van der Waals surface area contributed by atoms with Crippen molar-refractivity contribution >= 4 is 29.9 Å². The molecule has 32 heavy (non-hydrogen) atoms. The first-order valence-electron chi connectivity index (χ1n) is 10.6. The minimum Gasteiger partial charge on any atom is -0.491 e. The third-order valence-electron chi connectivity index (χ3n) is 4.63. The van der Waals surface area contributed by atoms with Crippen LogP contribution in [0.2, 0.25) is 0 Å². The summed E-state index contributed by atoms with van der Waals surface area (Å²) in [7, 11) is 0. The van der Waals surface area contributed by atoms with Crippen LogP contribution in [0, 0.1) is 0 Å². The lowest BCUT2D eigenvalue weighted by Crippen LogP contribution is -2.39. The van der Waals surface area contributed by atoms with Crippen LogP contribution in [0.25, 0.3) is 5.69 Å². The van der Waals surface area contributed by atoms with Crippen LogP contribution in [0.1, 0.15) is 38.0 Å². The van der Waals surface area contributed by atoms with E-state index in [2.05, 4.69) is 21.7 Å². The summed E-state index contributed by atoms with van der Waals surface area (Å²) in [5.41, 5.74) is 2.95. The van der Waals surface area contributed by atoms with E-state index in [0.29, 0.717) is 19.0 Å². The van der Waals surface area contributed by atoms with Crippen LogP contribution >= 0.6 is 24.0 Å². The van der Waals surface area contributed by atoms with E-state index in [-0.39, 0.29) is 30.1 Å². The lowest BCUT2D eigenvalue weighted by molar-refractivity contribution is 0.180. The van der Waals surface area contributed by atoms with E-state index in [1.165, 1.54) is 0 Å². The fourth-order valence-electron chi connectivity index (χ4n) is 3.16. The summed E-state index contributed by atoms with van der Waals surface area (Å²) in [5, 5.41) is 17.0. The van der Waals surface area contributed by atoms with Crippen molar-refractivity contribution < 1.29 is 9.84 Å². The zero-order chi connectivity index (χ0) is 22.1. The topological polar surface area (TPSA) is 83.7 Å². The van der Waals surface area contributed by atoms with Crippen LogP contribution in [0.15, 0.2) is 72.2 Å². The van der Waals surface area contributed by atoms with Crippen molar-refractivity contribution in [2.75, 3.05) is 13.1 Å². The highest BCUT2D eigenvalue weighted by molar-refractivity contribution is 14.0. The molecule has 1 atom stereocenters. The maximum Gasteiger partial charge on any atom is 0.191 e. The van der Waals surface area contributed by atoms with Gasteiger partial charge in [-0.15, -0.1) is 24.0 Å².